The Hall–Kier alpha value is -1.62. The standard InChI is InChI=1S/C8H8ClN5/c1-14-7(3-5-11-14)13-8-10-4-2-6(9)12-8/h2-5H,1H3,(H,10,12,13). The number of nitrogens with zero attached hydrogens (tertiary/aromatic N) is 4. The highest BCUT2D eigenvalue weighted by Gasteiger charge is 2.01. The third-order valence-corrected chi connectivity index (χ3v) is 1.89. The predicted molar refractivity (Wildman–Crippen MR) is 53.5 cm³/mol. The van der Waals surface area contributed by atoms with E-state index in [9.17, 15) is 0 Å². The summed E-state index contributed by atoms with van der Waals surface area (Å²) in [5, 5.41) is 7.39. The molecule has 0 radical (unpaired) electrons. The van der Waals surface area contributed by atoms with E-state index in [0.717, 1.165) is 5.82 Å². The summed E-state index contributed by atoms with van der Waals surface area (Å²) < 4.78 is 1.68. The molecular formula is C8H8ClN5. The van der Waals surface area contributed by atoms with Crippen LogP contribution in [0.2, 0.25) is 5.15 Å². The van der Waals surface area contributed by atoms with Crippen molar-refractivity contribution in [2.45, 2.75) is 0 Å². The molecule has 0 bridgehead atoms. The maximum absolute atomic E-state index is 5.71. The molecule has 0 amide bonds. The molecule has 2 rings (SSSR count). The van der Waals surface area contributed by atoms with E-state index < -0.39 is 0 Å². The van der Waals surface area contributed by atoms with Crippen molar-refractivity contribution in [1.82, 2.24) is 19.7 Å². The lowest BCUT2D eigenvalue weighted by atomic mass is 10.6. The van der Waals surface area contributed by atoms with Crippen LogP contribution in [0.25, 0.3) is 0 Å². The number of aryl methyl sites for hydroxylation is 1. The van der Waals surface area contributed by atoms with Gasteiger partial charge in [-0.05, 0) is 6.07 Å². The van der Waals surface area contributed by atoms with Crippen molar-refractivity contribution >= 4 is 23.4 Å². The van der Waals surface area contributed by atoms with Gasteiger partial charge in [-0.1, -0.05) is 11.6 Å². The molecule has 0 spiro atoms. The fourth-order valence-corrected chi connectivity index (χ4v) is 1.14. The van der Waals surface area contributed by atoms with Crippen LogP contribution in [0.15, 0.2) is 24.5 Å². The van der Waals surface area contributed by atoms with Crippen molar-refractivity contribution in [3.63, 3.8) is 0 Å². The molecule has 0 aliphatic carbocycles. The number of anilines is 2. The summed E-state index contributed by atoms with van der Waals surface area (Å²) in [6.45, 7) is 0. The maximum atomic E-state index is 5.71. The summed E-state index contributed by atoms with van der Waals surface area (Å²) in [4.78, 5) is 8.00. The van der Waals surface area contributed by atoms with E-state index in [1.54, 1.807) is 23.1 Å². The average Bonchev–Trinajstić information content (AvgIpc) is 2.52. The quantitative estimate of drug-likeness (QED) is 0.764. The van der Waals surface area contributed by atoms with Crippen LogP contribution in [0, 0.1) is 0 Å². The first kappa shape index (κ1) is 8.96. The molecule has 0 saturated heterocycles. The summed E-state index contributed by atoms with van der Waals surface area (Å²) >= 11 is 5.71. The molecule has 1 N–H and O–H groups in total. The van der Waals surface area contributed by atoms with Gasteiger partial charge in [0.05, 0.1) is 6.20 Å². The van der Waals surface area contributed by atoms with Gasteiger partial charge in [0, 0.05) is 19.3 Å². The number of hydrogen-bond acceptors (Lipinski definition) is 4. The highest BCUT2D eigenvalue weighted by molar-refractivity contribution is 6.29. The first-order valence-corrected chi connectivity index (χ1v) is 4.37. The van der Waals surface area contributed by atoms with Gasteiger partial charge in [0.1, 0.15) is 11.0 Å². The van der Waals surface area contributed by atoms with E-state index in [4.69, 9.17) is 11.6 Å². The first-order chi connectivity index (χ1) is 6.75. The van der Waals surface area contributed by atoms with E-state index in [1.807, 2.05) is 13.1 Å². The molecule has 2 heterocycles. The lowest BCUT2D eigenvalue weighted by Gasteiger charge is -2.03. The van der Waals surface area contributed by atoms with Gasteiger partial charge in [-0.15, -0.1) is 0 Å². The van der Waals surface area contributed by atoms with Crippen LogP contribution in [0.5, 0.6) is 0 Å². The van der Waals surface area contributed by atoms with Gasteiger partial charge in [-0.25, -0.2) is 9.97 Å². The lowest BCUT2D eigenvalue weighted by molar-refractivity contribution is 0.775. The van der Waals surface area contributed by atoms with E-state index >= 15 is 0 Å². The minimum Gasteiger partial charge on any atom is -0.309 e. The molecule has 0 atom stereocenters. The Bertz CT molecular complexity index is 439. The van der Waals surface area contributed by atoms with Gasteiger partial charge in [-0.3, -0.25) is 4.68 Å². The normalized spacial score (nSPS) is 10.1. The van der Waals surface area contributed by atoms with Crippen molar-refractivity contribution in [2.24, 2.45) is 7.05 Å². The predicted octanol–water partition coefficient (Wildman–Crippen LogP) is 1.61. The number of aromatic nitrogens is 4. The molecule has 5 nitrogen and oxygen atoms in total. The molecular weight excluding hydrogens is 202 g/mol. The maximum Gasteiger partial charge on any atom is 0.229 e. The van der Waals surface area contributed by atoms with Crippen molar-refractivity contribution in [2.75, 3.05) is 5.32 Å². The smallest absolute Gasteiger partial charge is 0.229 e. The highest BCUT2D eigenvalue weighted by Crippen LogP contribution is 2.12. The number of rotatable bonds is 2. The Kier molecular flexibility index (Phi) is 2.32. The van der Waals surface area contributed by atoms with Gasteiger partial charge in [-0.2, -0.15) is 5.10 Å². The Morgan fingerprint density at radius 1 is 1.36 bits per heavy atom. The zero-order valence-corrected chi connectivity index (χ0v) is 8.23. The van der Waals surface area contributed by atoms with E-state index in [-0.39, 0.29) is 0 Å². The SMILES string of the molecule is Cn1nccc1Nc1nccc(Cl)n1. The zero-order chi connectivity index (χ0) is 9.97. The summed E-state index contributed by atoms with van der Waals surface area (Å²) in [6, 6.07) is 3.44. The molecule has 0 unspecified atom stereocenters. The van der Waals surface area contributed by atoms with Crippen LogP contribution in [0.1, 0.15) is 0 Å². The van der Waals surface area contributed by atoms with Crippen LogP contribution in [-0.2, 0) is 7.05 Å². The van der Waals surface area contributed by atoms with Gasteiger partial charge in [0.25, 0.3) is 0 Å². The second-order valence-corrected chi connectivity index (χ2v) is 3.06. The third-order valence-electron chi connectivity index (χ3n) is 1.68. The van der Waals surface area contributed by atoms with Crippen molar-refractivity contribution < 1.29 is 0 Å². The van der Waals surface area contributed by atoms with E-state index in [2.05, 4.69) is 20.4 Å². The summed E-state index contributed by atoms with van der Waals surface area (Å²) in [6.07, 6.45) is 3.28. The molecule has 0 fully saturated rings. The van der Waals surface area contributed by atoms with E-state index in [1.165, 1.54) is 0 Å². The summed E-state index contributed by atoms with van der Waals surface area (Å²) in [7, 11) is 1.83. The third kappa shape index (κ3) is 1.82. The largest absolute Gasteiger partial charge is 0.309 e. The molecule has 0 saturated carbocycles. The topological polar surface area (TPSA) is 55.6 Å². The molecule has 2 aromatic heterocycles. The van der Waals surface area contributed by atoms with Gasteiger partial charge >= 0.3 is 0 Å². The molecule has 0 aliphatic rings. The van der Waals surface area contributed by atoms with Crippen LogP contribution in [-0.4, -0.2) is 19.7 Å². The summed E-state index contributed by atoms with van der Waals surface area (Å²) in [5.74, 6) is 1.27. The molecule has 0 aliphatic heterocycles. The lowest BCUT2D eigenvalue weighted by Crippen LogP contribution is -2.02. The van der Waals surface area contributed by atoms with Crippen LogP contribution in [0.3, 0.4) is 0 Å². The van der Waals surface area contributed by atoms with Crippen LogP contribution in [0.4, 0.5) is 11.8 Å². The second kappa shape index (κ2) is 3.63. The van der Waals surface area contributed by atoms with Gasteiger partial charge in [0.2, 0.25) is 5.95 Å². The van der Waals surface area contributed by atoms with Gasteiger partial charge in [0.15, 0.2) is 0 Å². The van der Waals surface area contributed by atoms with E-state index in [0.29, 0.717) is 11.1 Å². The number of hydrogen-bond donors (Lipinski definition) is 1. The first-order valence-electron chi connectivity index (χ1n) is 3.99. The molecule has 72 valence electrons. The minimum atomic E-state index is 0.407. The van der Waals surface area contributed by atoms with Crippen LogP contribution >= 0.6 is 11.6 Å². The molecule has 0 aromatic carbocycles. The number of halogens is 1. The Labute approximate surface area is 85.8 Å². The van der Waals surface area contributed by atoms with Crippen LogP contribution < -0.4 is 5.32 Å². The second-order valence-electron chi connectivity index (χ2n) is 2.67. The zero-order valence-electron chi connectivity index (χ0n) is 7.48. The Morgan fingerprint density at radius 3 is 2.86 bits per heavy atom. The fraction of sp³-hybridized carbons (Fsp3) is 0.125. The van der Waals surface area contributed by atoms with Crippen molar-refractivity contribution in [3.05, 3.63) is 29.7 Å². The van der Waals surface area contributed by atoms with Gasteiger partial charge < -0.3 is 5.32 Å². The number of nitrogens with one attached hydrogen (secondary N) is 1. The van der Waals surface area contributed by atoms with Crippen molar-refractivity contribution in [1.29, 1.82) is 0 Å². The minimum absolute atomic E-state index is 0.407. The summed E-state index contributed by atoms with van der Waals surface area (Å²) in [5.41, 5.74) is 0. The molecule has 6 heteroatoms. The molecule has 14 heavy (non-hydrogen) atoms. The average molecular weight is 210 g/mol. The Balaban J connectivity index is 2.23. The monoisotopic (exact) mass is 209 g/mol. The molecule has 2 aromatic rings. The van der Waals surface area contributed by atoms with Crippen molar-refractivity contribution in [3.8, 4) is 0 Å². The fourth-order valence-electron chi connectivity index (χ4n) is 1.01. The Morgan fingerprint density at radius 2 is 2.21 bits per heavy atom. The highest BCUT2D eigenvalue weighted by atomic mass is 35.5.